The van der Waals surface area contributed by atoms with Gasteiger partial charge in [0.15, 0.2) is 5.96 Å². The Labute approximate surface area is 189 Å². The Morgan fingerprint density at radius 2 is 2.00 bits per heavy atom. The Morgan fingerprint density at radius 1 is 1.29 bits per heavy atom. The number of benzene rings is 1. The fourth-order valence-electron chi connectivity index (χ4n) is 2.48. The Hall–Kier alpha value is -1.26. The molecule has 1 unspecified atom stereocenters. The Kier molecular flexibility index (Phi) is 10.9. The molecular formula is C20H32IN5OS. The molecule has 0 aliphatic rings. The number of hydrogen-bond acceptors (Lipinski definition) is 4. The third-order valence-electron chi connectivity index (χ3n) is 4.14. The van der Waals surface area contributed by atoms with Crippen LogP contribution >= 0.6 is 35.7 Å². The van der Waals surface area contributed by atoms with E-state index >= 15 is 0 Å². The highest BCUT2D eigenvalue weighted by Gasteiger charge is 2.24. The van der Waals surface area contributed by atoms with E-state index in [0.717, 1.165) is 36.1 Å². The Balaban J connectivity index is 0.00000392. The minimum atomic E-state index is -1.04. The number of aliphatic imine (C=N–C) groups is 1. The van der Waals surface area contributed by atoms with Crippen molar-refractivity contribution in [2.75, 3.05) is 25.4 Å². The molecule has 1 aromatic carbocycles. The number of nitrogens with zero attached hydrogens (tertiary/aromatic N) is 3. The topological polar surface area (TPSA) is 74.5 Å². The standard InChI is InChI=1S/C20H31N5OS.HI/c1-5-21-19(23-15-20(3,26)18-12-24-25(4)13-18)22-10-11-27-14-17-8-6-16(2)7-9-17;/h6-9,12-13,26H,5,10-11,14-15H2,1-4H3,(H2,21,22,23);1H. The second-order valence-corrected chi connectivity index (χ2v) is 7.94. The van der Waals surface area contributed by atoms with Gasteiger partial charge in [-0.25, -0.2) is 4.99 Å². The molecule has 0 aliphatic heterocycles. The summed E-state index contributed by atoms with van der Waals surface area (Å²) in [6, 6.07) is 8.67. The van der Waals surface area contributed by atoms with Crippen molar-refractivity contribution in [1.29, 1.82) is 0 Å². The molecule has 0 radical (unpaired) electrons. The van der Waals surface area contributed by atoms with Gasteiger partial charge in [-0.3, -0.25) is 4.68 Å². The van der Waals surface area contributed by atoms with E-state index in [0.29, 0.717) is 0 Å². The van der Waals surface area contributed by atoms with Crippen LogP contribution in [-0.2, 0) is 18.4 Å². The second kappa shape index (κ2) is 12.3. The largest absolute Gasteiger partial charge is 0.383 e. The lowest BCUT2D eigenvalue weighted by molar-refractivity contribution is 0.0672. The van der Waals surface area contributed by atoms with Gasteiger partial charge in [0.1, 0.15) is 5.60 Å². The van der Waals surface area contributed by atoms with E-state index in [9.17, 15) is 5.11 Å². The summed E-state index contributed by atoms with van der Waals surface area (Å²) < 4.78 is 1.68. The first-order valence-electron chi connectivity index (χ1n) is 9.27. The van der Waals surface area contributed by atoms with Crippen molar-refractivity contribution >= 4 is 41.7 Å². The number of halogens is 1. The minimum absolute atomic E-state index is 0. The second-order valence-electron chi connectivity index (χ2n) is 6.84. The molecule has 1 atom stereocenters. The molecule has 28 heavy (non-hydrogen) atoms. The van der Waals surface area contributed by atoms with Gasteiger partial charge in [-0.05, 0) is 26.3 Å². The van der Waals surface area contributed by atoms with Gasteiger partial charge in [0, 0.05) is 43.4 Å². The molecule has 0 saturated heterocycles. The van der Waals surface area contributed by atoms with Crippen LogP contribution < -0.4 is 10.6 Å². The third-order valence-corrected chi connectivity index (χ3v) is 5.17. The molecule has 0 spiro atoms. The van der Waals surface area contributed by atoms with Gasteiger partial charge in [-0.1, -0.05) is 29.8 Å². The van der Waals surface area contributed by atoms with Crippen LogP contribution in [0.5, 0.6) is 0 Å². The van der Waals surface area contributed by atoms with Crippen molar-refractivity contribution in [1.82, 2.24) is 20.4 Å². The maximum atomic E-state index is 10.7. The first-order valence-corrected chi connectivity index (χ1v) is 10.4. The van der Waals surface area contributed by atoms with Crippen LogP contribution in [0.4, 0.5) is 0 Å². The van der Waals surface area contributed by atoms with Crippen LogP contribution in [0.3, 0.4) is 0 Å². The molecule has 1 aromatic heterocycles. The lowest BCUT2D eigenvalue weighted by Crippen LogP contribution is -2.39. The lowest BCUT2D eigenvalue weighted by Gasteiger charge is -2.20. The van der Waals surface area contributed by atoms with Crippen molar-refractivity contribution in [3.05, 3.63) is 53.3 Å². The number of rotatable bonds is 9. The predicted molar refractivity (Wildman–Crippen MR) is 130 cm³/mol. The van der Waals surface area contributed by atoms with Crippen LogP contribution in [0.15, 0.2) is 41.7 Å². The fraction of sp³-hybridized carbons (Fsp3) is 0.500. The van der Waals surface area contributed by atoms with E-state index in [-0.39, 0.29) is 30.5 Å². The van der Waals surface area contributed by atoms with Crippen LogP contribution in [0.25, 0.3) is 0 Å². The summed E-state index contributed by atoms with van der Waals surface area (Å²) in [5.74, 6) is 2.71. The molecule has 1 heterocycles. The van der Waals surface area contributed by atoms with Crippen molar-refractivity contribution < 1.29 is 5.11 Å². The van der Waals surface area contributed by atoms with Crippen molar-refractivity contribution in [3.63, 3.8) is 0 Å². The zero-order valence-electron chi connectivity index (χ0n) is 17.1. The van der Waals surface area contributed by atoms with Gasteiger partial charge in [0.2, 0.25) is 0 Å². The average molecular weight is 517 g/mol. The number of nitrogens with one attached hydrogen (secondary N) is 2. The molecule has 6 nitrogen and oxygen atoms in total. The zero-order chi connectivity index (χ0) is 19.7. The first kappa shape index (κ1) is 24.8. The smallest absolute Gasteiger partial charge is 0.191 e. The molecule has 156 valence electrons. The summed E-state index contributed by atoms with van der Waals surface area (Å²) in [7, 11) is 1.84. The quantitative estimate of drug-likeness (QED) is 0.207. The minimum Gasteiger partial charge on any atom is -0.383 e. The van der Waals surface area contributed by atoms with E-state index in [2.05, 4.69) is 51.9 Å². The summed E-state index contributed by atoms with van der Waals surface area (Å²) in [4.78, 5) is 4.53. The molecule has 0 saturated carbocycles. The number of aryl methyl sites for hydroxylation is 2. The van der Waals surface area contributed by atoms with Crippen LogP contribution in [0, 0.1) is 6.92 Å². The molecule has 0 bridgehead atoms. The molecule has 0 aliphatic carbocycles. The molecule has 2 rings (SSSR count). The van der Waals surface area contributed by atoms with E-state index in [4.69, 9.17) is 0 Å². The molecule has 2 aromatic rings. The van der Waals surface area contributed by atoms with E-state index in [1.54, 1.807) is 17.8 Å². The van der Waals surface area contributed by atoms with Crippen molar-refractivity contribution in [2.45, 2.75) is 32.1 Å². The highest BCUT2D eigenvalue weighted by atomic mass is 127. The maximum absolute atomic E-state index is 10.7. The summed E-state index contributed by atoms with van der Waals surface area (Å²) in [6.07, 6.45) is 3.50. The number of guanidine groups is 1. The van der Waals surface area contributed by atoms with Crippen LogP contribution in [0.1, 0.15) is 30.5 Å². The van der Waals surface area contributed by atoms with Gasteiger partial charge in [-0.2, -0.15) is 16.9 Å². The summed E-state index contributed by atoms with van der Waals surface area (Å²) in [5.41, 5.74) is 2.35. The number of hydrogen-bond donors (Lipinski definition) is 3. The zero-order valence-corrected chi connectivity index (χ0v) is 20.3. The van der Waals surface area contributed by atoms with Crippen molar-refractivity contribution in [2.24, 2.45) is 12.0 Å². The van der Waals surface area contributed by atoms with Gasteiger partial charge in [0.25, 0.3) is 0 Å². The van der Waals surface area contributed by atoms with Crippen molar-refractivity contribution in [3.8, 4) is 0 Å². The lowest BCUT2D eigenvalue weighted by atomic mass is 10.0. The van der Waals surface area contributed by atoms with Gasteiger partial charge in [0.05, 0.1) is 12.7 Å². The molecule has 0 amide bonds. The SMILES string of the molecule is CCNC(=NCC(C)(O)c1cnn(C)c1)NCCSCc1ccc(C)cc1.I. The van der Waals surface area contributed by atoms with Gasteiger partial charge < -0.3 is 15.7 Å². The number of thioether (sulfide) groups is 1. The molecule has 3 N–H and O–H groups in total. The van der Waals surface area contributed by atoms with E-state index in [1.165, 1.54) is 11.1 Å². The Morgan fingerprint density at radius 3 is 2.61 bits per heavy atom. The van der Waals surface area contributed by atoms with E-state index in [1.807, 2.05) is 31.9 Å². The third kappa shape index (κ3) is 8.40. The normalized spacial score (nSPS) is 13.5. The van der Waals surface area contributed by atoms with Gasteiger partial charge >= 0.3 is 0 Å². The maximum Gasteiger partial charge on any atom is 0.191 e. The monoisotopic (exact) mass is 517 g/mol. The first-order chi connectivity index (χ1) is 12.9. The van der Waals surface area contributed by atoms with Crippen LogP contribution in [-0.4, -0.2) is 46.2 Å². The molecular weight excluding hydrogens is 485 g/mol. The highest BCUT2D eigenvalue weighted by Crippen LogP contribution is 2.19. The van der Waals surface area contributed by atoms with Crippen LogP contribution in [0.2, 0.25) is 0 Å². The highest BCUT2D eigenvalue weighted by molar-refractivity contribution is 14.0. The molecule has 0 fully saturated rings. The summed E-state index contributed by atoms with van der Waals surface area (Å²) in [5, 5.41) is 21.3. The van der Waals surface area contributed by atoms with E-state index < -0.39 is 5.60 Å². The van der Waals surface area contributed by atoms with Gasteiger partial charge in [-0.15, -0.1) is 24.0 Å². The summed E-state index contributed by atoms with van der Waals surface area (Å²) in [6.45, 7) is 7.75. The summed E-state index contributed by atoms with van der Waals surface area (Å²) >= 11 is 1.89. The predicted octanol–water partition coefficient (Wildman–Crippen LogP) is 3.04. The fourth-order valence-corrected chi connectivity index (χ4v) is 3.30. The average Bonchev–Trinajstić information content (AvgIpc) is 3.08. The Bertz CT molecular complexity index is 730. The number of aliphatic hydroxyl groups is 1. The number of aromatic nitrogens is 2. The molecule has 8 heteroatoms.